The van der Waals surface area contributed by atoms with Gasteiger partial charge in [0, 0.05) is 12.6 Å². The number of nitrogens with one attached hydrogen (secondary N) is 2. The first kappa shape index (κ1) is 16.7. The van der Waals surface area contributed by atoms with Crippen molar-refractivity contribution in [3.8, 4) is 0 Å². The zero-order valence-corrected chi connectivity index (χ0v) is 13.3. The number of oxazole rings is 1. The van der Waals surface area contributed by atoms with Gasteiger partial charge >= 0.3 is 17.8 Å². The third kappa shape index (κ3) is 4.46. The number of imide groups is 1. The molecule has 2 N–H and O–H groups in total. The van der Waals surface area contributed by atoms with E-state index in [0.717, 1.165) is 12.8 Å². The van der Waals surface area contributed by atoms with E-state index in [1.807, 2.05) is 0 Å². The second kappa shape index (κ2) is 7.20. The number of benzene rings is 1. The van der Waals surface area contributed by atoms with Gasteiger partial charge < -0.3 is 14.5 Å². The predicted octanol–water partition coefficient (Wildman–Crippen LogP) is 0.516. The summed E-state index contributed by atoms with van der Waals surface area (Å²) in [7, 11) is 0. The topological polar surface area (TPSA) is 120 Å². The number of aryl methyl sites for hydroxylation is 1. The van der Waals surface area contributed by atoms with Crippen molar-refractivity contribution < 1.29 is 23.5 Å². The summed E-state index contributed by atoms with van der Waals surface area (Å²) in [5.74, 6) is -1.93. The van der Waals surface area contributed by atoms with Gasteiger partial charge in [-0.3, -0.25) is 19.5 Å². The quantitative estimate of drug-likeness (QED) is 0.735. The van der Waals surface area contributed by atoms with Crippen molar-refractivity contribution >= 4 is 29.0 Å². The zero-order valence-electron chi connectivity index (χ0n) is 13.3. The largest absolute Gasteiger partial charge is 0.456 e. The number of fused-ring (bicyclic) bond motifs is 1. The molecule has 0 unspecified atom stereocenters. The lowest BCUT2D eigenvalue weighted by molar-refractivity contribution is -0.148. The molecule has 0 spiro atoms. The highest BCUT2D eigenvalue weighted by Crippen LogP contribution is 2.18. The monoisotopic (exact) mass is 347 g/mol. The lowest BCUT2D eigenvalue weighted by Gasteiger charge is -2.07. The Morgan fingerprint density at radius 3 is 2.76 bits per heavy atom. The molecule has 3 amide bonds. The molecule has 9 heteroatoms. The minimum Gasteiger partial charge on any atom is -0.456 e. The SMILES string of the molecule is O=C(COC(=O)CCn1c(=O)oc2ccccc21)NC(=O)NC1CC1. The highest BCUT2D eigenvalue weighted by atomic mass is 16.5. The molecule has 1 aliphatic rings. The van der Waals surface area contributed by atoms with Crippen LogP contribution in [0.2, 0.25) is 0 Å². The number of urea groups is 1. The molecule has 1 aromatic carbocycles. The lowest BCUT2D eigenvalue weighted by atomic mass is 10.3. The average Bonchev–Trinajstić information content (AvgIpc) is 3.32. The van der Waals surface area contributed by atoms with Gasteiger partial charge in [-0.15, -0.1) is 0 Å². The van der Waals surface area contributed by atoms with E-state index >= 15 is 0 Å². The molecule has 1 aromatic heterocycles. The molecule has 25 heavy (non-hydrogen) atoms. The summed E-state index contributed by atoms with van der Waals surface area (Å²) in [4.78, 5) is 46.3. The van der Waals surface area contributed by atoms with Crippen LogP contribution in [0.1, 0.15) is 19.3 Å². The van der Waals surface area contributed by atoms with Crippen molar-refractivity contribution in [2.24, 2.45) is 0 Å². The van der Waals surface area contributed by atoms with Crippen molar-refractivity contribution in [3.63, 3.8) is 0 Å². The molecule has 2 aromatic rings. The number of hydrogen-bond acceptors (Lipinski definition) is 6. The molecule has 1 fully saturated rings. The number of carbonyl (C=O) groups is 3. The number of esters is 1. The maximum absolute atomic E-state index is 11.8. The Bertz CT molecular complexity index is 864. The second-order valence-electron chi connectivity index (χ2n) is 5.69. The third-order valence-corrected chi connectivity index (χ3v) is 3.64. The zero-order chi connectivity index (χ0) is 17.8. The number of nitrogens with zero attached hydrogens (tertiary/aromatic N) is 1. The number of para-hydroxylation sites is 2. The van der Waals surface area contributed by atoms with Gasteiger partial charge in [0.15, 0.2) is 12.2 Å². The number of amides is 3. The summed E-state index contributed by atoms with van der Waals surface area (Å²) in [6.45, 7) is -0.490. The first-order valence-electron chi connectivity index (χ1n) is 7.87. The summed E-state index contributed by atoms with van der Waals surface area (Å²) < 4.78 is 11.2. The Morgan fingerprint density at radius 1 is 1.24 bits per heavy atom. The fourth-order valence-corrected chi connectivity index (χ4v) is 2.26. The van der Waals surface area contributed by atoms with E-state index < -0.39 is 30.3 Å². The van der Waals surface area contributed by atoms with Gasteiger partial charge in [-0.2, -0.15) is 0 Å². The fourth-order valence-electron chi connectivity index (χ4n) is 2.26. The summed E-state index contributed by atoms with van der Waals surface area (Å²) in [5, 5.41) is 4.65. The van der Waals surface area contributed by atoms with Crippen LogP contribution in [0.5, 0.6) is 0 Å². The van der Waals surface area contributed by atoms with Crippen LogP contribution in [0.4, 0.5) is 4.79 Å². The van der Waals surface area contributed by atoms with Crippen molar-refractivity contribution in [2.45, 2.75) is 31.8 Å². The minimum absolute atomic E-state index is 0.0679. The fraction of sp³-hybridized carbons (Fsp3) is 0.375. The van der Waals surface area contributed by atoms with E-state index in [-0.39, 0.29) is 19.0 Å². The van der Waals surface area contributed by atoms with Crippen LogP contribution >= 0.6 is 0 Å². The molecule has 1 heterocycles. The maximum Gasteiger partial charge on any atom is 0.419 e. The van der Waals surface area contributed by atoms with Gasteiger partial charge in [0.05, 0.1) is 11.9 Å². The van der Waals surface area contributed by atoms with Crippen LogP contribution in [0, 0.1) is 0 Å². The van der Waals surface area contributed by atoms with Crippen molar-refractivity contribution in [2.75, 3.05) is 6.61 Å². The summed E-state index contributed by atoms with van der Waals surface area (Å²) in [5.41, 5.74) is 1.01. The normalized spacial score (nSPS) is 13.4. The van der Waals surface area contributed by atoms with Gasteiger partial charge in [-0.25, -0.2) is 9.59 Å². The summed E-state index contributed by atoms with van der Waals surface area (Å²) >= 11 is 0. The van der Waals surface area contributed by atoms with Crippen molar-refractivity contribution in [3.05, 3.63) is 34.8 Å². The van der Waals surface area contributed by atoms with E-state index in [2.05, 4.69) is 10.6 Å². The highest BCUT2D eigenvalue weighted by Gasteiger charge is 2.24. The number of rotatable bonds is 6. The van der Waals surface area contributed by atoms with Crippen LogP contribution in [0.3, 0.4) is 0 Å². The number of ether oxygens (including phenoxy) is 1. The smallest absolute Gasteiger partial charge is 0.419 e. The van der Waals surface area contributed by atoms with E-state index in [4.69, 9.17) is 9.15 Å². The first-order valence-corrected chi connectivity index (χ1v) is 7.87. The molecule has 0 aliphatic heterocycles. The Hall–Kier alpha value is -3.10. The second-order valence-corrected chi connectivity index (χ2v) is 5.69. The van der Waals surface area contributed by atoms with Crippen LogP contribution in [-0.4, -0.2) is 35.1 Å². The van der Waals surface area contributed by atoms with Crippen LogP contribution in [0.15, 0.2) is 33.5 Å². The van der Waals surface area contributed by atoms with E-state index in [0.29, 0.717) is 11.1 Å². The van der Waals surface area contributed by atoms with E-state index in [1.54, 1.807) is 24.3 Å². The minimum atomic E-state index is -0.711. The third-order valence-electron chi connectivity index (χ3n) is 3.64. The van der Waals surface area contributed by atoms with Crippen LogP contribution < -0.4 is 16.4 Å². The van der Waals surface area contributed by atoms with Crippen molar-refractivity contribution in [1.82, 2.24) is 15.2 Å². The lowest BCUT2D eigenvalue weighted by Crippen LogP contribution is -2.42. The maximum atomic E-state index is 11.8. The standard InChI is InChI=1S/C16H17N3O6/c20-13(18-15(22)17-10-5-6-10)9-24-14(21)7-8-19-11-3-1-2-4-12(11)25-16(19)23/h1-4,10H,5-9H2,(H2,17,18,20,22). The van der Waals surface area contributed by atoms with Crippen LogP contribution in [0.25, 0.3) is 11.1 Å². The van der Waals surface area contributed by atoms with Crippen LogP contribution in [-0.2, 0) is 20.9 Å². The molecule has 1 aliphatic carbocycles. The Kier molecular flexibility index (Phi) is 4.82. The molecular weight excluding hydrogens is 330 g/mol. The van der Waals surface area contributed by atoms with E-state index in [1.165, 1.54) is 4.57 Å². The summed E-state index contributed by atoms with van der Waals surface area (Å²) in [6, 6.07) is 6.38. The highest BCUT2D eigenvalue weighted by molar-refractivity contribution is 5.95. The Labute approximate surface area is 141 Å². The van der Waals surface area contributed by atoms with Gasteiger partial charge in [0.2, 0.25) is 0 Å². The molecule has 0 bridgehead atoms. The first-order chi connectivity index (χ1) is 12.0. The molecule has 0 saturated heterocycles. The van der Waals surface area contributed by atoms with Gasteiger partial charge in [-0.1, -0.05) is 12.1 Å². The predicted molar refractivity (Wildman–Crippen MR) is 85.7 cm³/mol. The number of aromatic nitrogens is 1. The molecule has 3 rings (SSSR count). The van der Waals surface area contributed by atoms with Gasteiger partial charge in [0.25, 0.3) is 5.91 Å². The Morgan fingerprint density at radius 2 is 2.00 bits per heavy atom. The van der Waals surface area contributed by atoms with E-state index in [9.17, 15) is 19.2 Å². The summed E-state index contributed by atoms with van der Waals surface area (Å²) in [6.07, 6.45) is 1.70. The van der Waals surface area contributed by atoms with Gasteiger partial charge in [0.1, 0.15) is 0 Å². The van der Waals surface area contributed by atoms with Gasteiger partial charge in [-0.05, 0) is 25.0 Å². The van der Waals surface area contributed by atoms with Crippen molar-refractivity contribution in [1.29, 1.82) is 0 Å². The molecule has 0 atom stereocenters. The average molecular weight is 347 g/mol. The molecular formula is C16H17N3O6. The molecule has 132 valence electrons. The number of carbonyl (C=O) groups excluding carboxylic acids is 3. The molecule has 1 saturated carbocycles. The number of hydrogen-bond donors (Lipinski definition) is 2. The molecule has 0 radical (unpaired) electrons. The molecule has 9 nitrogen and oxygen atoms in total. The Balaban J connectivity index is 1.44.